The average molecular weight is 331 g/mol. The van der Waals surface area contributed by atoms with Crippen molar-refractivity contribution in [2.75, 3.05) is 0 Å². The summed E-state index contributed by atoms with van der Waals surface area (Å²) in [5.41, 5.74) is 0. The van der Waals surface area contributed by atoms with Gasteiger partial charge in [0, 0.05) is 0 Å². The molecule has 0 fully saturated rings. The molecule has 0 aromatic heterocycles. The van der Waals surface area contributed by atoms with E-state index in [0.717, 1.165) is 6.42 Å². The minimum atomic E-state index is -1.70. The molecule has 0 N–H and O–H groups in total. The van der Waals surface area contributed by atoms with Crippen LogP contribution in [0.4, 0.5) is 0 Å². The number of rotatable bonds is 6. The number of allylic oxidation sites excluding steroid dienone is 3. The molecule has 0 rings (SSSR count). The molecule has 18 heavy (non-hydrogen) atoms. The van der Waals surface area contributed by atoms with Crippen LogP contribution in [-0.2, 0) is 4.43 Å². The van der Waals surface area contributed by atoms with Gasteiger partial charge in [0.25, 0.3) is 0 Å². The highest BCUT2D eigenvalue weighted by Crippen LogP contribution is 2.37. The van der Waals surface area contributed by atoms with Gasteiger partial charge < -0.3 is 4.43 Å². The number of hydrogen-bond acceptors (Lipinski definition) is 1. The predicted molar refractivity (Wildman–Crippen MR) is 88.7 cm³/mol. The SMILES string of the molecule is C/C=C\C[C@H](/C=C/C=C/Br)O[Si](C)(C)C(C)(C)C. The van der Waals surface area contributed by atoms with E-state index in [1.165, 1.54) is 0 Å². The van der Waals surface area contributed by atoms with Crippen LogP contribution in [0.2, 0.25) is 18.1 Å². The van der Waals surface area contributed by atoms with Crippen LogP contribution in [0.25, 0.3) is 0 Å². The molecular formula is C15H27BrOSi. The first-order valence-electron chi connectivity index (χ1n) is 6.47. The molecule has 104 valence electrons. The van der Waals surface area contributed by atoms with Crippen molar-refractivity contribution in [2.45, 2.75) is 58.4 Å². The Morgan fingerprint density at radius 2 is 1.83 bits per heavy atom. The first-order valence-corrected chi connectivity index (χ1v) is 10.3. The summed E-state index contributed by atoms with van der Waals surface area (Å²) in [7, 11) is -1.70. The molecule has 0 aliphatic rings. The fourth-order valence-corrected chi connectivity index (χ4v) is 2.68. The van der Waals surface area contributed by atoms with Gasteiger partial charge in [-0.25, -0.2) is 0 Å². The van der Waals surface area contributed by atoms with Crippen molar-refractivity contribution < 1.29 is 4.43 Å². The van der Waals surface area contributed by atoms with Gasteiger partial charge in [0.2, 0.25) is 0 Å². The van der Waals surface area contributed by atoms with Crippen molar-refractivity contribution in [3.63, 3.8) is 0 Å². The Morgan fingerprint density at radius 1 is 1.22 bits per heavy atom. The van der Waals surface area contributed by atoms with E-state index in [9.17, 15) is 0 Å². The quantitative estimate of drug-likeness (QED) is 0.339. The van der Waals surface area contributed by atoms with Gasteiger partial charge in [0.1, 0.15) is 0 Å². The van der Waals surface area contributed by atoms with Crippen LogP contribution in [0.1, 0.15) is 34.1 Å². The number of halogens is 1. The Labute approximate surface area is 122 Å². The third kappa shape index (κ3) is 6.71. The Kier molecular flexibility index (Phi) is 8.07. The summed E-state index contributed by atoms with van der Waals surface area (Å²) in [6.07, 6.45) is 11.5. The van der Waals surface area contributed by atoms with Gasteiger partial charge >= 0.3 is 0 Å². The van der Waals surface area contributed by atoms with Crippen molar-refractivity contribution in [3.8, 4) is 0 Å². The number of hydrogen-bond donors (Lipinski definition) is 0. The molecular weight excluding hydrogens is 304 g/mol. The van der Waals surface area contributed by atoms with Crippen molar-refractivity contribution in [1.29, 1.82) is 0 Å². The molecule has 3 heteroatoms. The zero-order valence-corrected chi connectivity index (χ0v) is 15.1. The van der Waals surface area contributed by atoms with Crippen molar-refractivity contribution in [2.24, 2.45) is 0 Å². The van der Waals surface area contributed by atoms with Gasteiger partial charge in [-0.15, -0.1) is 0 Å². The van der Waals surface area contributed by atoms with Crippen molar-refractivity contribution in [1.82, 2.24) is 0 Å². The largest absolute Gasteiger partial charge is 0.410 e. The van der Waals surface area contributed by atoms with Gasteiger partial charge in [-0.3, -0.25) is 0 Å². The summed E-state index contributed by atoms with van der Waals surface area (Å²) < 4.78 is 6.40. The third-order valence-corrected chi connectivity index (χ3v) is 8.18. The van der Waals surface area contributed by atoms with Crippen LogP contribution in [-0.4, -0.2) is 14.4 Å². The summed E-state index contributed by atoms with van der Waals surface area (Å²) in [5.74, 6) is 0. The van der Waals surface area contributed by atoms with E-state index in [1.807, 2.05) is 24.1 Å². The Balaban J connectivity index is 4.77. The minimum absolute atomic E-state index is 0.172. The fraction of sp³-hybridized carbons (Fsp3) is 0.600. The molecule has 0 unspecified atom stereocenters. The van der Waals surface area contributed by atoms with Crippen molar-refractivity contribution in [3.05, 3.63) is 35.4 Å². The van der Waals surface area contributed by atoms with Crippen LogP contribution in [0.15, 0.2) is 35.4 Å². The molecule has 0 heterocycles. The maximum atomic E-state index is 6.40. The first-order chi connectivity index (χ1) is 8.24. The van der Waals surface area contributed by atoms with Gasteiger partial charge in [-0.1, -0.05) is 67.1 Å². The lowest BCUT2D eigenvalue weighted by Gasteiger charge is -2.38. The molecule has 0 aliphatic carbocycles. The molecule has 1 nitrogen and oxygen atoms in total. The van der Waals surface area contributed by atoms with Crippen LogP contribution < -0.4 is 0 Å². The Morgan fingerprint density at radius 3 is 2.28 bits per heavy atom. The van der Waals surface area contributed by atoms with Crippen LogP contribution in [0, 0.1) is 0 Å². The van der Waals surface area contributed by atoms with E-state index >= 15 is 0 Å². The van der Waals surface area contributed by atoms with E-state index < -0.39 is 8.32 Å². The predicted octanol–water partition coefficient (Wildman–Crippen LogP) is 5.81. The Bertz CT molecular complexity index is 311. The topological polar surface area (TPSA) is 9.23 Å². The first kappa shape index (κ1) is 17.9. The van der Waals surface area contributed by atoms with E-state index in [2.05, 4.69) is 68.0 Å². The van der Waals surface area contributed by atoms with Gasteiger partial charge in [0.15, 0.2) is 8.32 Å². The second-order valence-corrected chi connectivity index (χ2v) is 11.2. The standard InChI is InChI=1S/C15H27BrOSi/c1-7-8-11-14(12-9-10-13-16)17-18(5,6)15(2,3)4/h7-10,12-14H,11H2,1-6H3/b8-7-,12-9+,13-10+/t14-/m1/s1. The average Bonchev–Trinajstić information content (AvgIpc) is 2.24. The summed E-state index contributed by atoms with van der Waals surface area (Å²) >= 11 is 3.27. The summed E-state index contributed by atoms with van der Waals surface area (Å²) in [6.45, 7) is 13.5. The highest BCUT2D eigenvalue weighted by molar-refractivity contribution is 9.11. The fourth-order valence-electron chi connectivity index (χ4n) is 1.22. The smallest absolute Gasteiger partial charge is 0.192 e. The van der Waals surface area contributed by atoms with Crippen LogP contribution >= 0.6 is 15.9 Å². The molecule has 0 bridgehead atoms. The lowest BCUT2D eigenvalue weighted by atomic mass is 10.2. The molecule has 0 spiro atoms. The molecule has 1 atom stereocenters. The van der Waals surface area contributed by atoms with E-state index in [-0.39, 0.29) is 11.1 Å². The Hall–Kier alpha value is -0.123. The molecule has 0 aromatic carbocycles. The molecule has 0 radical (unpaired) electrons. The highest BCUT2D eigenvalue weighted by atomic mass is 79.9. The zero-order chi connectivity index (χ0) is 14.2. The zero-order valence-electron chi connectivity index (χ0n) is 12.5. The summed E-state index contributed by atoms with van der Waals surface area (Å²) in [6, 6.07) is 0. The molecule has 0 saturated heterocycles. The van der Waals surface area contributed by atoms with E-state index in [1.54, 1.807) is 0 Å². The maximum absolute atomic E-state index is 6.40. The van der Waals surface area contributed by atoms with Gasteiger partial charge in [-0.05, 0) is 36.5 Å². The monoisotopic (exact) mass is 330 g/mol. The normalized spacial score (nSPS) is 16.2. The lowest BCUT2D eigenvalue weighted by molar-refractivity contribution is 0.228. The van der Waals surface area contributed by atoms with E-state index in [4.69, 9.17) is 4.43 Å². The third-order valence-electron chi connectivity index (χ3n) is 3.37. The molecule has 0 aliphatic heterocycles. The second-order valence-electron chi connectivity index (χ2n) is 5.92. The second kappa shape index (κ2) is 8.13. The van der Waals surface area contributed by atoms with Crippen LogP contribution in [0.5, 0.6) is 0 Å². The minimum Gasteiger partial charge on any atom is -0.410 e. The maximum Gasteiger partial charge on any atom is 0.192 e. The van der Waals surface area contributed by atoms with Crippen LogP contribution in [0.3, 0.4) is 0 Å². The summed E-state index contributed by atoms with van der Waals surface area (Å²) in [5, 5.41) is 0.250. The summed E-state index contributed by atoms with van der Waals surface area (Å²) in [4.78, 5) is 1.85. The molecule has 0 amide bonds. The molecule has 0 saturated carbocycles. The lowest BCUT2D eigenvalue weighted by Crippen LogP contribution is -2.43. The van der Waals surface area contributed by atoms with E-state index in [0.29, 0.717) is 0 Å². The van der Waals surface area contributed by atoms with Gasteiger partial charge in [-0.2, -0.15) is 0 Å². The van der Waals surface area contributed by atoms with Crippen molar-refractivity contribution >= 4 is 24.2 Å². The molecule has 0 aromatic rings. The van der Waals surface area contributed by atoms with Gasteiger partial charge in [0.05, 0.1) is 6.10 Å². The highest BCUT2D eigenvalue weighted by Gasteiger charge is 2.38.